The van der Waals surface area contributed by atoms with Crippen molar-refractivity contribution in [3.8, 4) is 11.5 Å². The fourth-order valence-corrected chi connectivity index (χ4v) is 3.77. The minimum Gasteiger partial charge on any atom is -0.454 e. The summed E-state index contributed by atoms with van der Waals surface area (Å²) < 4.78 is 11.6. The first-order valence-electron chi connectivity index (χ1n) is 8.47. The van der Waals surface area contributed by atoms with E-state index < -0.39 is 0 Å². The van der Waals surface area contributed by atoms with Crippen molar-refractivity contribution in [2.24, 2.45) is 0 Å². The molecule has 0 spiro atoms. The van der Waals surface area contributed by atoms with Gasteiger partial charge in [-0.1, -0.05) is 6.42 Å². The Kier molecular flexibility index (Phi) is 5.84. The normalized spacial score (nSPS) is 20.0. The molecule has 0 unspecified atom stereocenters. The molecule has 0 aliphatic carbocycles. The number of fused-ring (bicyclic) bond motifs is 1. The molecule has 24 heavy (non-hydrogen) atoms. The van der Waals surface area contributed by atoms with Crippen LogP contribution < -0.4 is 20.1 Å². The molecule has 0 aromatic heterocycles. The number of carbonyl (C=O) groups excluding carboxylic acids is 1. The molecule has 0 bridgehead atoms. The number of nitrogens with one attached hydrogen (secondary N) is 2. The number of amides is 2. The van der Waals surface area contributed by atoms with Crippen molar-refractivity contribution in [1.82, 2.24) is 15.5 Å². The third-order valence-corrected chi connectivity index (χ3v) is 5.15. The molecular formula is C17H24BrN3O3. The highest BCUT2D eigenvalue weighted by Gasteiger charge is 2.19. The van der Waals surface area contributed by atoms with Crippen LogP contribution in [-0.4, -0.2) is 43.4 Å². The maximum Gasteiger partial charge on any atom is 0.315 e. The lowest BCUT2D eigenvalue weighted by Gasteiger charge is -2.33. The molecule has 1 aromatic carbocycles. The first-order valence-corrected chi connectivity index (χ1v) is 9.26. The van der Waals surface area contributed by atoms with Gasteiger partial charge in [-0.25, -0.2) is 4.79 Å². The first kappa shape index (κ1) is 17.4. The number of likely N-dealkylation sites (tertiary alicyclic amines) is 1. The molecule has 0 saturated carbocycles. The zero-order valence-electron chi connectivity index (χ0n) is 13.9. The largest absolute Gasteiger partial charge is 0.454 e. The van der Waals surface area contributed by atoms with E-state index in [1.165, 1.54) is 19.3 Å². The number of hydrogen-bond donors (Lipinski definition) is 2. The molecule has 2 aliphatic rings. The molecule has 1 atom stereocenters. The summed E-state index contributed by atoms with van der Waals surface area (Å²) >= 11 is 3.46. The van der Waals surface area contributed by atoms with Gasteiger partial charge in [0.25, 0.3) is 0 Å². The number of hydrogen-bond acceptors (Lipinski definition) is 4. The zero-order valence-corrected chi connectivity index (χ0v) is 15.5. The molecule has 1 fully saturated rings. The Morgan fingerprint density at radius 1 is 1.33 bits per heavy atom. The average Bonchev–Trinajstić information content (AvgIpc) is 3.04. The van der Waals surface area contributed by atoms with Crippen LogP contribution in [0, 0.1) is 0 Å². The number of benzene rings is 1. The van der Waals surface area contributed by atoms with Crippen LogP contribution in [0.15, 0.2) is 16.6 Å². The number of rotatable bonds is 5. The summed E-state index contributed by atoms with van der Waals surface area (Å²) in [5.74, 6) is 1.43. The van der Waals surface area contributed by atoms with Gasteiger partial charge in [-0.15, -0.1) is 0 Å². The minimum absolute atomic E-state index is 0.145. The van der Waals surface area contributed by atoms with Crippen molar-refractivity contribution in [3.63, 3.8) is 0 Å². The van der Waals surface area contributed by atoms with Crippen LogP contribution in [0.2, 0.25) is 0 Å². The maximum atomic E-state index is 11.9. The van der Waals surface area contributed by atoms with Gasteiger partial charge in [0.2, 0.25) is 6.79 Å². The van der Waals surface area contributed by atoms with Gasteiger partial charge in [0.05, 0.1) is 4.47 Å². The second-order valence-corrected chi connectivity index (χ2v) is 7.16. The smallest absolute Gasteiger partial charge is 0.315 e. The molecule has 6 nitrogen and oxygen atoms in total. The molecule has 132 valence electrons. The summed E-state index contributed by atoms with van der Waals surface area (Å²) in [6, 6.07) is 4.30. The number of nitrogens with zero attached hydrogens (tertiary/aromatic N) is 1. The molecule has 2 aliphatic heterocycles. The SMILES string of the molecule is C[C@H]1CCCCN1CCNC(=O)NCc1cc(Br)c2c(c1)OCO2. The van der Waals surface area contributed by atoms with E-state index in [4.69, 9.17) is 9.47 Å². The lowest BCUT2D eigenvalue weighted by molar-refractivity contribution is 0.161. The lowest BCUT2D eigenvalue weighted by atomic mass is 10.0. The summed E-state index contributed by atoms with van der Waals surface area (Å²) in [4.78, 5) is 14.4. The lowest BCUT2D eigenvalue weighted by Crippen LogP contribution is -2.44. The van der Waals surface area contributed by atoms with Gasteiger partial charge in [0.15, 0.2) is 11.5 Å². The van der Waals surface area contributed by atoms with E-state index in [1.807, 2.05) is 12.1 Å². The zero-order chi connectivity index (χ0) is 16.9. The molecule has 7 heteroatoms. The molecule has 1 saturated heterocycles. The predicted octanol–water partition coefficient (Wildman–Crippen LogP) is 2.85. The van der Waals surface area contributed by atoms with Crippen LogP contribution in [0.5, 0.6) is 11.5 Å². The van der Waals surface area contributed by atoms with Crippen molar-refractivity contribution < 1.29 is 14.3 Å². The maximum absolute atomic E-state index is 11.9. The van der Waals surface area contributed by atoms with Crippen LogP contribution in [0.1, 0.15) is 31.7 Å². The quantitative estimate of drug-likeness (QED) is 0.801. The van der Waals surface area contributed by atoms with Crippen LogP contribution >= 0.6 is 15.9 Å². The summed E-state index contributed by atoms with van der Waals surface area (Å²) in [5, 5.41) is 5.81. The van der Waals surface area contributed by atoms with E-state index in [1.54, 1.807) is 0 Å². The Balaban J connectivity index is 1.40. The fourth-order valence-electron chi connectivity index (χ4n) is 3.17. The van der Waals surface area contributed by atoms with E-state index in [0.29, 0.717) is 24.9 Å². The molecule has 2 amide bonds. The number of ether oxygens (including phenoxy) is 2. The molecule has 2 heterocycles. The molecule has 1 aromatic rings. The number of carbonyl (C=O) groups is 1. The molecule has 0 radical (unpaired) electrons. The molecule has 3 rings (SSSR count). The monoisotopic (exact) mass is 397 g/mol. The first-order chi connectivity index (χ1) is 11.6. The van der Waals surface area contributed by atoms with Gasteiger partial charge in [0.1, 0.15) is 0 Å². The second kappa shape index (κ2) is 8.07. The topological polar surface area (TPSA) is 62.8 Å². The third kappa shape index (κ3) is 4.33. The van der Waals surface area contributed by atoms with Gasteiger partial charge < -0.3 is 20.1 Å². The summed E-state index contributed by atoms with van der Waals surface area (Å²) in [7, 11) is 0. The van der Waals surface area contributed by atoms with Crippen LogP contribution in [0.25, 0.3) is 0 Å². The molecular weight excluding hydrogens is 374 g/mol. The van der Waals surface area contributed by atoms with Crippen LogP contribution in [0.4, 0.5) is 4.79 Å². The van der Waals surface area contributed by atoms with E-state index in [-0.39, 0.29) is 12.8 Å². The highest BCUT2D eigenvalue weighted by Crippen LogP contribution is 2.39. The fraction of sp³-hybridized carbons (Fsp3) is 0.588. The Hall–Kier alpha value is -1.47. The Labute approximate surface area is 151 Å². The summed E-state index contributed by atoms with van der Waals surface area (Å²) in [6.45, 7) is 5.65. The van der Waals surface area contributed by atoms with Crippen molar-refractivity contribution >= 4 is 22.0 Å². The van der Waals surface area contributed by atoms with Crippen LogP contribution in [-0.2, 0) is 6.54 Å². The van der Waals surface area contributed by atoms with Crippen molar-refractivity contribution in [1.29, 1.82) is 0 Å². The van der Waals surface area contributed by atoms with Gasteiger partial charge in [-0.2, -0.15) is 0 Å². The molecule has 2 N–H and O–H groups in total. The highest BCUT2D eigenvalue weighted by molar-refractivity contribution is 9.10. The van der Waals surface area contributed by atoms with Crippen LogP contribution in [0.3, 0.4) is 0 Å². The van der Waals surface area contributed by atoms with Gasteiger partial charge in [-0.3, -0.25) is 4.90 Å². The number of piperidine rings is 1. The van der Waals surface area contributed by atoms with E-state index >= 15 is 0 Å². The number of halogens is 1. The average molecular weight is 398 g/mol. The van der Waals surface area contributed by atoms with Crippen molar-refractivity contribution in [2.75, 3.05) is 26.4 Å². The van der Waals surface area contributed by atoms with Crippen molar-refractivity contribution in [2.45, 2.75) is 38.8 Å². The Morgan fingerprint density at radius 2 is 2.21 bits per heavy atom. The highest BCUT2D eigenvalue weighted by atomic mass is 79.9. The summed E-state index contributed by atoms with van der Waals surface area (Å²) in [5.41, 5.74) is 0.964. The van der Waals surface area contributed by atoms with E-state index in [2.05, 4.69) is 38.4 Å². The van der Waals surface area contributed by atoms with E-state index in [0.717, 1.165) is 28.9 Å². The Morgan fingerprint density at radius 3 is 3.04 bits per heavy atom. The van der Waals surface area contributed by atoms with Gasteiger partial charge in [0, 0.05) is 25.7 Å². The number of urea groups is 1. The minimum atomic E-state index is -0.145. The Bertz CT molecular complexity index is 597. The van der Waals surface area contributed by atoms with Gasteiger partial charge >= 0.3 is 6.03 Å². The third-order valence-electron chi connectivity index (χ3n) is 4.57. The standard InChI is InChI=1S/C17H24BrN3O3/c1-12-4-2-3-6-21(12)7-5-19-17(22)20-10-13-8-14(18)16-15(9-13)23-11-24-16/h8-9,12H,2-7,10-11H2,1H3,(H2,19,20,22)/t12-/m0/s1. The summed E-state index contributed by atoms with van der Waals surface area (Å²) in [6.07, 6.45) is 3.83. The van der Waals surface area contributed by atoms with E-state index in [9.17, 15) is 4.79 Å². The van der Waals surface area contributed by atoms with Gasteiger partial charge in [-0.05, 0) is 59.9 Å². The van der Waals surface area contributed by atoms with Crippen molar-refractivity contribution in [3.05, 3.63) is 22.2 Å². The predicted molar refractivity (Wildman–Crippen MR) is 95.4 cm³/mol. The second-order valence-electron chi connectivity index (χ2n) is 6.30.